The molecule has 7 nitrogen and oxygen atoms in total. The molecular formula is C15H20N3O4+. The highest BCUT2D eigenvalue weighted by Gasteiger charge is 2.46. The fourth-order valence-electron chi connectivity index (χ4n) is 2.31. The van der Waals surface area contributed by atoms with Gasteiger partial charge in [0.1, 0.15) is 6.61 Å². The molecule has 7 heteroatoms. The van der Waals surface area contributed by atoms with Crippen LogP contribution in [-0.4, -0.2) is 29.8 Å². The van der Waals surface area contributed by atoms with E-state index < -0.39 is 5.14 Å². The largest absolute Gasteiger partial charge is 0.339 e. The van der Waals surface area contributed by atoms with Crippen molar-refractivity contribution in [2.75, 3.05) is 13.2 Å². The van der Waals surface area contributed by atoms with Crippen LogP contribution in [0, 0.1) is 5.92 Å². The first kappa shape index (κ1) is 15.0. The molecule has 0 aliphatic carbocycles. The van der Waals surface area contributed by atoms with E-state index in [2.05, 4.69) is 23.5 Å². The van der Waals surface area contributed by atoms with E-state index in [0.717, 1.165) is 17.8 Å². The lowest BCUT2D eigenvalue weighted by molar-refractivity contribution is -1.46. The van der Waals surface area contributed by atoms with Crippen LogP contribution in [0.5, 0.6) is 0 Å². The summed E-state index contributed by atoms with van der Waals surface area (Å²) in [5.74, 6) is 1.14. The Morgan fingerprint density at radius 2 is 2.18 bits per heavy atom. The molecule has 3 aliphatic heterocycles. The van der Waals surface area contributed by atoms with Crippen molar-refractivity contribution in [1.82, 2.24) is 0 Å². The third-order valence-electron chi connectivity index (χ3n) is 3.48. The fraction of sp³-hybridized carbons (Fsp3) is 0.467. The van der Waals surface area contributed by atoms with Crippen molar-refractivity contribution in [3.8, 4) is 0 Å². The zero-order chi connectivity index (χ0) is 15.6. The van der Waals surface area contributed by atoms with E-state index in [9.17, 15) is 0 Å². The van der Waals surface area contributed by atoms with Crippen LogP contribution in [0.15, 0.2) is 46.6 Å². The first-order valence-electron chi connectivity index (χ1n) is 7.32. The average Bonchev–Trinajstić information content (AvgIpc) is 2.61. The first-order valence-corrected chi connectivity index (χ1v) is 7.32. The van der Waals surface area contributed by atoms with Crippen molar-refractivity contribution in [3.05, 3.63) is 36.6 Å². The predicted molar refractivity (Wildman–Crippen MR) is 79.6 cm³/mol. The Bertz CT molecular complexity index is 594. The molecule has 0 aromatic heterocycles. The maximum absolute atomic E-state index is 5.74. The topological polar surface area (TPSA) is 61.6 Å². The molecule has 0 radical (unpaired) electrons. The van der Waals surface area contributed by atoms with E-state index in [1.807, 2.05) is 13.0 Å². The highest BCUT2D eigenvalue weighted by molar-refractivity contribution is 5.88. The van der Waals surface area contributed by atoms with E-state index in [1.165, 1.54) is 0 Å². The summed E-state index contributed by atoms with van der Waals surface area (Å²) in [5.41, 5.74) is 1.81. The number of hydrogen-bond donors (Lipinski definition) is 0. The molecule has 0 aromatic carbocycles. The molecule has 0 amide bonds. The molecule has 0 aromatic rings. The van der Waals surface area contributed by atoms with E-state index in [1.54, 1.807) is 12.2 Å². The number of quaternary nitrogens is 1. The van der Waals surface area contributed by atoms with Crippen molar-refractivity contribution in [2.45, 2.75) is 26.7 Å². The normalized spacial score (nSPS) is 33.5. The lowest BCUT2D eigenvalue weighted by atomic mass is 9.97. The number of fused-ring (bicyclic) bond motifs is 1. The fourth-order valence-corrected chi connectivity index (χ4v) is 2.31. The van der Waals surface area contributed by atoms with Crippen LogP contribution in [0.25, 0.3) is 0 Å². The average molecular weight is 306 g/mol. The van der Waals surface area contributed by atoms with Gasteiger partial charge in [-0.05, 0) is 25.3 Å². The van der Waals surface area contributed by atoms with Gasteiger partial charge in [0, 0.05) is 18.2 Å². The number of nitrogens with zero attached hydrogens (tertiary/aromatic N) is 3. The Hall–Kier alpha value is -1.96. The first-order chi connectivity index (χ1) is 10.6. The number of rotatable bonds is 1. The maximum atomic E-state index is 5.74. The molecular weight excluding hydrogens is 286 g/mol. The lowest BCUT2D eigenvalue weighted by Crippen LogP contribution is -2.48. The molecule has 0 fully saturated rings. The Morgan fingerprint density at radius 3 is 3.00 bits per heavy atom. The van der Waals surface area contributed by atoms with Crippen LogP contribution in [0.4, 0.5) is 0 Å². The van der Waals surface area contributed by atoms with Crippen molar-refractivity contribution < 1.29 is 24.5 Å². The third kappa shape index (κ3) is 3.11. The Kier molecular flexibility index (Phi) is 4.10. The molecule has 0 saturated carbocycles. The Labute approximate surface area is 129 Å². The van der Waals surface area contributed by atoms with Gasteiger partial charge >= 0.3 is 5.14 Å². The van der Waals surface area contributed by atoms with Gasteiger partial charge in [-0.1, -0.05) is 29.3 Å². The Morgan fingerprint density at radius 1 is 1.32 bits per heavy atom. The van der Waals surface area contributed by atoms with Crippen LogP contribution in [0.1, 0.15) is 26.7 Å². The van der Waals surface area contributed by atoms with E-state index in [0.29, 0.717) is 30.7 Å². The lowest BCUT2D eigenvalue weighted by Gasteiger charge is -2.28. The molecule has 118 valence electrons. The molecule has 0 saturated heterocycles. The van der Waals surface area contributed by atoms with E-state index in [-0.39, 0.29) is 6.61 Å². The maximum Gasteiger partial charge on any atom is 0.339 e. The minimum Gasteiger partial charge on any atom is -0.217 e. The van der Waals surface area contributed by atoms with Crippen molar-refractivity contribution in [3.63, 3.8) is 0 Å². The van der Waals surface area contributed by atoms with Crippen LogP contribution < -0.4 is 0 Å². The van der Waals surface area contributed by atoms with Crippen LogP contribution in [0.2, 0.25) is 0 Å². The summed E-state index contributed by atoms with van der Waals surface area (Å²) >= 11 is 0. The standard InChI is InChI=1S/C15H20N3O4/c1-4-5-14-16-12(3)10-20-18(21-14)19-9-8-13-11(2)6-7-15(17-13)22-18/h4-5,7,11H,1,6,8-10H2,2-3H3/q+1/b14-5+. The molecule has 3 rings (SSSR count). The number of hydrogen-bond acceptors (Lipinski definition) is 6. The highest BCUT2D eigenvalue weighted by Crippen LogP contribution is 2.30. The predicted octanol–water partition coefficient (Wildman–Crippen LogP) is 2.76. The zero-order valence-corrected chi connectivity index (χ0v) is 12.8. The second-order valence-electron chi connectivity index (χ2n) is 5.36. The summed E-state index contributed by atoms with van der Waals surface area (Å²) in [5, 5.41) is -0.891. The zero-order valence-electron chi connectivity index (χ0n) is 12.8. The monoisotopic (exact) mass is 306 g/mol. The van der Waals surface area contributed by atoms with Gasteiger partial charge in [0.25, 0.3) is 11.8 Å². The molecule has 2 bridgehead atoms. The molecule has 1 spiro atoms. The van der Waals surface area contributed by atoms with Gasteiger partial charge in [0.15, 0.2) is 6.61 Å². The van der Waals surface area contributed by atoms with Crippen molar-refractivity contribution in [2.24, 2.45) is 15.9 Å². The minimum atomic E-state index is -0.891. The minimum absolute atomic E-state index is 0.217. The smallest absolute Gasteiger partial charge is 0.217 e. The Balaban J connectivity index is 1.88. The van der Waals surface area contributed by atoms with Crippen LogP contribution in [0.3, 0.4) is 0 Å². The molecule has 0 N–H and O–H groups in total. The number of aliphatic imine (C=N–C) groups is 2. The summed E-state index contributed by atoms with van der Waals surface area (Å²) in [6.07, 6.45) is 6.69. The van der Waals surface area contributed by atoms with E-state index in [4.69, 9.17) is 19.4 Å². The third-order valence-corrected chi connectivity index (χ3v) is 3.48. The molecule has 3 heterocycles. The quantitative estimate of drug-likeness (QED) is 0.699. The van der Waals surface area contributed by atoms with Gasteiger partial charge in [-0.15, -0.1) is 0 Å². The van der Waals surface area contributed by atoms with Gasteiger partial charge in [0.05, 0.1) is 5.71 Å². The summed E-state index contributed by atoms with van der Waals surface area (Å²) in [6, 6.07) is 0. The summed E-state index contributed by atoms with van der Waals surface area (Å²) in [6.45, 7) is 8.21. The molecule has 2 unspecified atom stereocenters. The van der Waals surface area contributed by atoms with Gasteiger partial charge in [-0.2, -0.15) is 9.68 Å². The van der Waals surface area contributed by atoms with Crippen LogP contribution >= 0.6 is 0 Å². The highest BCUT2D eigenvalue weighted by atomic mass is 17.4. The molecule has 2 atom stereocenters. The second kappa shape index (κ2) is 6.04. The van der Waals surface area contributed by atoms with Crippen molar-refractivity contribution in [1.29, 1.82) is 0 Å². The molecule has 3 aliphatic rings. The number of allylic oxidation sites excluding steroid dienone is 3. The van der Waals surface area contributed by atoms with E-state index >= 15 is 0 Å². The van der Waals surface area contributed by atoms with Gasteiger partial charge < -0.3 is 0 Å². The van der Waals surface area contributed by atoms with Crippen molar-refractivity contribution >= 4 is 11.4 Å². The van der Waals surface area contributed by atoms with Gasteiger partial charge in [0.2, 0.25) is 0 Å². The summed E-state index contributed by atoms with van der Waals surface area (Å²) in [4.78, 5) is 31.5. The van der Waals surface area contributed by atoms with Gasteiger partial charge in [-0.3, -0.25) is 0 Å². The van der Waals surface area contributed by atoms with Crippen LogP contribution in [-0.2, 0) is 19.4 Å². The molecule has 22 heavy (non-hydrogen) atoms. The SMILES string of the molecule is C=C/C=C1\N=C(C)CO[N+]2(OCCC3=NC(=CCC3C)O2)O1. The second-order valence-corrected chi connectivity index (χ2v) is 5.36. The van der Waals surface area contributed by atoms with Gasteiger partial charge in [-0.25, -0.2) is 9.98 Å². The summed E-state index contributed by atoms with van der Waals surface area (Å²) < 4.78 is 0. The summed E-state index contributed by atoms with van der Waals surface area (Å²) in [7, 11) is 0.